The van der Waals surface area contributed by atoms with Gasteiger partial charge in [0.05, 0.1) is 31.0 Å². The first kappa shape index (κ1) is 24.8. The minimum atomic E-state index is -4.60. The van der Waals surface area contributed by atoms with Gasteiger partial charge in [0.25, 0.3) is 0 Å². The predicted molar refractivity (Wildman–Crippen MR) is 125 cm³/mol. The van der Waals surface area contributed by atoms with Crippen LogP contribution in [0, 0.1) is 6.92 Å². The summed E-state index contributed by atoms with van der Waals surface area (Å²) < 4.78 is 57.1. The summed E-state index contributed by atoms with van der Waals surface area (Å²) in [7, 11) is 1.55. The Balaban J connectivity index is 1.68. The van der Waals surface area contributed by atoms with Crippen molar-refractivity contribution in [3.63, 3.8) is 0 Å². The van der Waals surface area contributed by atoms with E-state index >= 15 is 0 Å². The van der Waals surface area contributed by atoms with Gasteiger partial charge in [0.1, 0.15) is 22.9 Å². The Morgan fingerprint density at radius 2 is 1.89 bits per heavy atom. The summed E-state index contributed by atoms with van der Waals surface area (Å²) in [4.78, 5) is 12.6. The maximum absolute atomic E-state index is 13.1. The maximum atomic E-state index is 13.1. The number of hydrogen-bond acceptors (Lipinski definition) is 8. The summed E-state index contributed by atoms with van der Waals surface area (Å²) in [6, 6.07) is 5.71. The lowest BCUT2D eigenvalue weighted by molar-refractivity contribution is -0.141. The van der Waals surface area contributed by atoms with Gasteiger partial charge in [-0.05, 0) is 51.8 Å². The molecule has 8 nitrogen and oxygen atoms in total. The average Bonchev–Trinajstić information content (AvgIpc) is 3.32. The van der Waals surface area contributed by atoms with E-state index in [4.69, 9.17) is 19.9 Å². The van der Waals surface area contributed by atoms with E-state index < -0.39 is 17.5 Å². The van der Waals surface area contributed by atoms with Crippen molar-refractivity contribution in [2.45, 2.75) is 58.0 Å². The van der Waals surface area contributed by atoms with Crippen molar-refractivity contribution in [1.82, 2.24) is 15.0 Å². The molecule has 3 N–H and O–H groups in total. The molecule has 1 aliphatic rings. The molecule has 1 aromatic carbocycles. The highest BCUT2D eigenvalue weighted by molar-refractivity contribution is 5.91. The van der Waals surface area contributed by atoms with Crippen LogP contribution in [0.15, 0.2) is 24.3 Å². The van der Waals surface area contributed by atoms with Gasteiger partial charge in [-0.15, -0.1) is 0 Å². The van der Waals surface area contributed by atoms with Crippen LogP contribution in [0.3, 0.4) is 0 Å². The molecule has 1 unspecified atom stereocenters. The number of nitrogens with zero attached hydrogens (tertiary/aromatic N) is 3. The molecule has 0 aliphatic carbocycles. The molecule has 11 heteroatoms. The third-order valence-corrected chi connectivity index (χ3v) is 5.80. The number of nitrogen functional groups attached to an aromatic ring is 1. The number of nitrogens with two attached hydrogens (primary N) is 1. The van der Waals surface area contributed by atoms with Gasteiger partial charge >= 0.3 is 6.18 Å². The van der Waals surface area contributed by atoms with Crippen LogP contribution in [0.1, 0.15) is 43.9 Å². The number of nitrogens with one attached hydrogen (secondary N) is 1. The smallest absolute Gasteiger partial charge is 0.433 e. The number of halogens is 3. The van der Waals surface area contributed by atoms with Gasteiger partial charge in [-0.1, -0.05) is 0 Å². The topological polar surface area (TPSA) is 104 Å². The van der Waals surface area contributed by atoms with E-state index in [1.807, 2.05) is 13.8 Å². The number of ether oxygens (including phenoxy) is 3. The van der Waals surface area contributed by atoms with Crippen molar-refractivity contribution < 1.29 is 27.4 Å². The van der Waals surface area contributed by atoms with Crippen LogP contribution in [-0.4, -0.2) is 40.4 Å². The van der Waals surface area contributed by atoms with Gasteiger partial charge in [-0.25, -0.2) is 15.0 Å². The fraction of sp³-hybridized carbons (Fsp3) is 0.458. The molecule has 0 amide bonds. The highest BCUT2D eigenvalue weighted by atomic mass is 19.4. The van der Waals surface area contributed by atoms with Crippen molar-refractivity contribution in [1.29, 1.82) is 0 Å². The van der Waals surface area contributed by atoms with Crippen LogP contribution >= 0.6 is 0 Å². The maximum Gasteiger partial charge on any atom is 0.433 e. The molecule has 0 spiro atoms. The van der Waals surface area contributed by atoms with Gasteiger partial charge in [-0.3, -0.25) is 0 Å². The van der Waals surface area contributed by atoms with Crippen LogP contribution in [0.25, 0.3) is 10.9 Å². The summed E-state index contributed by atoms with van der Waals surface area (Å²) in [5.74, 6) is 1.89. The van der Waals surface area contributed by atoms with Crippen LogP contribution in [0.5, 0.6) is 11.5 Å². The lowest BCUT2D eigenvalue weighted by atomic mass is 9.99. The number of methoxy groups -OCH3 is 1. The van der Waals surface area contributed by atoms with Crippen LogP contribution in [-0.2, 0) is 17.5 Å². The molecular formula is C24H28F3N5O3. The SMILES string of the molecule is COc1cc2nc(C)nc(NCc3cc(N)cc(C(F)(F)F)n3)c2cc1OC(C)(C)C1CCCO1. The van der Waals surface area contributed by atoms with Crippen LogP contribution < -0.4 is 20.5 Å². The van der Waals surface area contributed by atoms with E-state index in [-0.39, 0.29) is 24.0 Å². The average molecular weight is 492 g/mol. The molecule has 1 aliphatic heterocycles. The third kappa shape index (κ3) is 5.50. The number of benzene rings is 1. The summed E-state index contributed by atoms with van der Waals surface area (Å²) in [5, 5.41) is 3.70. The highest BCUT2D eigenvalue weighted by Crippen LogP contribution is 2.38. The van der Waals surface area contributed by atoms with Crippen molar-refractivity contribution >= 4 is 22.4 Å². The largest absolute Gasteiger partial charge is 0.493 e. The first-order chi connectivity index (χ1) is 16.5. The summed E-state index contributed by atoms with van der Waals surface area (Å²) in [6.07, 6.45) is -2.79. The minimum Gasteiger partial charge on any atom is -0.493 e. The summed E-state index contributed by atoms with van der Waals surface area (Å²) in [6.45, 7) is 6.32. The van der Waals surface area contributed by atoms with E-state index in [1.165, 1.54) is 6.07 Å². The quantitative estimate of drug-likeness (QED) is 0.481. The number of fused-ring (bicyclic) bond motifs is 1. The molecule has 0 radical (unpaired) electrons. The Morgan fingerprint density at radius 3 is 2.54 bits per heavy atom. The van der Waals surface area contributed by atoms with Crippen molar-refractivity contribution in [2.75, 3.05) is 24.8 Å². The zero-order valence-corrected chi connectivity index (χ0v) is 20.0. The molecule has 1 fully saturated rings. The number of hydrogen-bond donors (Lipinski definition) is 2. The lowest BCUT2D eigenvalue weighted by Crippen LogP contribution is -2.41. The Kier molecular flexibility index (Phi) is 6.63. The molecule has 35 heavy (non-hydrogen) atoms. The van der Waals surface area contributed by atoms with Gasteiger partial charge in [-0.2, -0.15) is 13.2 Å². The number of alkyl halides is 3. The number of aromatic nitrogens is 3. The van der Waals surface area contributed by atoms with Gasteiger partial charge in [0, 0.05) is 23.7 Å². The Morgan fingerprint density at radius 1 is 1.11 bits per heavy atom. The fourth-order valence-corrected chi connectivity index (χ4v) is 4.12. The number of anilines is 2. The molecule has 188 valence electrons. The molecule has 0 bridgehead atoms. The van der Waals surface area contributed by atoms with Crippen molar-refractivity contribution in [3.05, 3.63) is 41.5 Å². The molecule has 1 atom stereocenters. The summed E-state index contributed by atoms with van der Waals surface area (Å²) >= 11 is 0. The third-order valence-electron chi connectivity index (χ3n) is 5.80. The molecule has 2 aromatic heterocycles. The lowest BCUT2D eigenvalue weighted by Gasteiger charge is -2.32. The molecule has 0 saturated carbocycles. The number of aryl methyl sites for hydroxylation is 1. The minimum absolute atomic E-state index is 0.0235. The highest BCUT2D eigenvalue weighted by Gasteiger charge is 2.36. The Bertz CT molecular complexity index is 1230. The van der Waals surface area contributed by atoms with Crippen LogP contribution in [0.4, 0.5) is 24.7 Å². The van der Waals surface area contributed by atoms with E-state index in [0.717, 1.165) is 18.9 Å². The number of rotatable bonds is 7. The Labute approximate surface area is 201 Å². The second-order valence-electron chi connectivity index (χ2n) is 8.98. The standard InChI is InChI=1S/C24H28F3N5O3/c1-13-30-17-11-18(33-4)19(35-23(2,3)21-6-5-7-34-21)10-16(17)22(31-13)29-12-15-8-14(28)9-20(32-15)24(25,26)27/h8-11,21H,5-7,12H2,1-4H3,(H2,28,32)(H,29,30,31). The van der Waals surface area contributed by atoms with Gasteiger partial charge in [0.15, 0.2) is 11.5 Å². The van der Waals surface area contributed by atoms with Crippen molar-refractivity contribution in [2.24, 2.45) is 0 Å². The predicted octanol–water partition coefficient (Wildman–Crippen LogP) is 4.89. The second-order valence-corrected chi connectivity index (χ2v) is 8.98. The second kappa shape index (κ2) is 9.37. The van der Waals surface area contributed by atoms with Crippen molar-refractivity contribution in [3.8, 4) is 11.5 Å². The molecule has 4 rings (SSSR count). The molecule has 3 heterocycles. The first-order valence-electron chi connectivity index (χ1n) is 11.2. The monoisotopic (exact) mass is 491 g/mol. The van der Waals surface area contributed by atoms with Gasteiger partial charge < -0.3 is 25.3 Å². The Hall–Kier alpha value is -3.34. The molecule has 3 aromatic rings. The summed E-state index contributed by atoms with van der Waals surface area (Å²) in [5.41, 5.74) is 4.71. The van der Waals surface area contributed by atoms with Gasteiger partial charge in [0.2, 0.25) is 0 Å². The molecule has 1 saturated heterocycles. The van der Waals surface area contributed by atoms with E-state index in [0.29, 0.717) is 40.7 Å². The van der Waals surface area contributed by atoms with E-state index in [1.54, 1.807) is 26.2 Å². The zero-order valence-electron chi connectivity index (χ0n) is 20.0. The van der Waals surface area contributed by atoms with E-state index in [2.05, 4.69) is 20.3 Å². The number of pyridine rings is 1. The van der Waals surface area contributed by atoms with Crippen LogP contribution in [0.2, 0.25) is 0 Å². The fourth-order valence-electron chi connectivity index (χ4n) is 4.12. The first-order valence-corrected chi connectivity index (χ1v) is 11.2. The molecular weight excluding hydrogens is 463 g/mol. The normalized spacial score (nSPS) is 16.5. The van der Waals surface area contributed by atoms with E-state index in [9.17, 15) is 13.2 Å². The zero-order chi connectivity index (χ0) is 25.4.